The first-order valence-electron chi connectivity index (χ1n) is 7.59. The second kappa shape index (κ2) is 5.94. The summed E-state index contributed by atoms with van der Waals surface area (Å²) in [5, 5.41) is 0. The number of hydrogen-bond acceptors (Lipinski definition) is 2. The smallest absolute Gasteiger partial charge is 0.333 e. The highest BCUT2D eigenvalue weighted by Crippen LogP contribution is 2.48. The Bertz CT molecular complexity index is 417. The van der Waals surface area contributed by atoms with Crippen molar-refractivity contribution in [1.82, 2.24) is 0 Å². The van der Waals surface area contributed by atoms with Gasteiger partial charge >= 0.3 is 5.97 Å². The molecule has 0 spiro atoms. The Balaban J connectivity index is 2.18. The van der Waals surface area contributed by atoms with Crippen molar-refractivity contribution < 1.29 is 9.53 Å². The summed E-state index contributed by atoms with van der Waals surface area (Å²) in [6, 6.07) is 0. The predicted molar refractivity (Wildman–Crippen MR) is 77.7 cm³/mol. The summed E-state index contributed by atoms with van der Waals surface area (Å²) < 4.78 is 5.08. The van der Waals surface area contributed by atoms with Crippen LogP contribution in [0.3, 0.4) is 0 Å². The second-order valence-corrected chi connectivity index (χ2v) is 6.11. The third-order valence-corrected chi connectivity index (χ3v) is 4.79. The standard InChI is InChI=1S/C17H26O2/c1-5-19-17(18)13(4)10-14-8-6-11(2)15-9-7-12(3)16(14)15/h10-11,14-15H,5-9H2,1-4H3/t11?,14-,15?/m0/s1. The quantitative estimate of drug-likeness (QED) is 0.431. The van der Waals surface area contributed by atoms with Crippen molar-refractivity contribution in [1.29, 1.82) is 0 Å². The molecule has 2 aliphatic carbocycles. The van der Waals surface area contributed by atoms with Crippen molar-refractivity contribution in [3.05, 3.63) is 22.8 Å². The van der Waals surface area contributed by atoms with Crippen LogP contribution in [-0.2, 0) is 9.53 Å². The number of carbonyl (C=O) groups excluding carboxylic acids is 1. The Hall–Kier alpha value is -1.05. The van der Waals surface area contributed by atoms with Crippen LogP contribution in [0.2, 0.25) is 0 Å². The van der Waals surface area contributed by atoms with Crippen LogP contribution < -0.4 is 0 Å². The van der Waals surface area contributed by atoms with Gasteiger partial charge in [-0.05, 0) is 64.2 Å². The highest BCUT2D eigenvalue weighted by atomic mass is 16.5. The molecule has 2 rings (SSSR count). The van der Waals surface area contributed by atoms with Crippen LogP contribution in [0.15, 0.2) is 22.8 Å². The molecule has 106 valence electrons. The highest BCUT2D eigenvalue weighted by molar-refractivity contribution is 5.87. The number of rotatable bonds is 3. The van der Waals surface area contributed by atoms with Gasteiger partial charge in [-0.2, -0.15) is 0 Å². The minimum absolute atomic E-state index is 0.158. The molecule has 0 heterocycles. The van der Waals surface area contributed by atoms with Crippen molar-refractivity contribution in [2.75, 3.05) is 6.61 Å². The fourth-order valence-electron chi connectivity index (χ4n) is 3.76. The van der Waals surface area contributed by atoms with Crippen LogP contribution in [0.1, 0.15) is 53.4 Å². The largest absolute Gasteiger partial charge is 0.463 e. The van der Waals surface area contributed by atoms with Gasteiger partial charge in [-0.25, -0.2) is 4.79 Å². The maximum absolute atomic E-state index is 11.7. The molecular weight excluding hydrogens is 236 g/mol. The number of allylic oxidation sites excluding steroid dienone is 3. The summed E-state index contributed by atoms with van der Waals surface area (Å²) in [6.45, 7) is 8.84. The van der Waals surface area contributed by atoms with E-state index in [1.165, 1.54) is 25.7 Å². The number of fused-ring (bicyclic) bond motifs is 1. The van der Waals surface area contributed by atoms with Crippen molar-refractivity contribution in [3.8, 4) is 0 Å². The van der Waals surface area contributed by atoms with Gasteiger partial charge < -0.3 is 4.74 Å². The molecule has 0 aliphatic heterocycles. The lowest BCUT2D eigenvalue weighted by Crippen LogP contribution is -2.23. The Morgan fingerprint density at radius 2 is 2.11 bits per heavy atom. The Labute approximate surface area is 116 Å². The van der Waals surface area contributed by atoms with E-state index in [1.54, 1.807) is 11.1 Å². The normalized spacial score (nSPS) is 31.4. The van der Waals surface area contributed by atoms with Crippen LogP contribution in [-0.4, -0.2) is 12.6 Å². The van der Waals surface area contributed by atoms with Gasteiger partial charge in [-0.15, -0.1) is 0 Å². The first kappa shape index (κ1) is 14.4. The molecule has 0 radical (unpaired) electrons. The summed E-state index contributed by atoms with van der Waals surface area (Å²) in [6.07, 6.45) is 7.17. The average Bonchev–Trinajstić information content (AvgIpc) is 2.76. The molecule has 3 atom stereocenters. The molecule has 2 nitrogen and oxygen atoms in total. The Morgan fingerprint density at radius 3 is 2.79 bits per heavy atom. The fourth-order valence-corrected chi connectivity index (χ4v) is 3.76. The van der Waals surface area contributed by atoms with Gasteiger partial charge in [0, 0.05) is 5.57 Å². The minimum atomic E-state index is -0.158. The molecule has 0 saturated heterocycles. The molecule has 0 aromatic heterocycles. The van der Waals surface area contributed by atoms with E-state index < -0.39 is 0 Å². The fraction of sp³-hybridized carbons (Fsp3) is 0.706. The Morgan fingerprint density at radius 1 is 1.37 bits per heavy atom. The van der Waals surface area contributed by atoms with Gasteiger partial charge in [0.25, 0.3) is 0 Å². The number of esters is 1. The van der Waals surface area contributed by atoms with E-state index in [9.17, 15) is 4.79 Å². The topological polar surface area (TPSA) is 26.3 Å². The second-order valence-electron chi connectivity index (χ2n) is 6.11. The lowest BCUT2D eigenvalue weighted by Gasteiger charge is -2.34. The average molecular weight is 262 g/mol. The van der Waals surface area contributed by atoms with Crippen LogP contribution in [0.25, 0.3) is 0 Å². The predicted octanol–water partition coefficient (Wildman–Crippen LogP) is 4.27. The molecule has 1 saturated carbocycles. The molecule has 0 bridgehead atoms. The number of ether oxygens (including phenoxy) is 1. The summed E-state index contributed by atoms with van der Waals surface area (Å²) in [4.78, 5) is 11.7. The van der Waals surface area contributed by atoms with E-state index in [2.05, 4.69) is 19.9 Å². The lowest BCUT2D eigenvalue weighted by atomic mass is 9.71. The van der Waals surface area contributed by atoms with E-state index >= 15 is 0 Å². The molecule has 0 N–H and O–H groups in total. The molecule has 0 amide bonds. The molecule has 1 fully saturated rings. The summed E-state index contributed by atoms with van der Waals surface area (Å²) in [5.41, 5.74) is 3.96. The van der Waals surface area contributed by atoms with Crippen molar-refractivity contribution in [2.45, 2.75) is 53.4 Å². The van der Waals surface area contributed by atoms with Gasteiger partial charge in [-0.3, -0.25) is 0 Å². The summed E-state index contributed by atoms with van der Waals surface area (Å²) in [7, 11) is 0. The highest BCUT2D eigenvalue weighted by Gasteiger charge is 2.36. The molecule has 0 aromatic rings. The van der Waals surface area contributed by atoms with Crippen molar-refractivity contribution in [2.24, 2.45) is 17.8 Å². The van der Waals surface area contributed by atoms with E-state index in [0.29, 0.717) is 12.5 Å². The van der Waals surface area contributed by atoms with E-state index in [-0.39, 0.29) is 5.97 Å². The van der Waals surface area contributed by atoms with E-state index in [0.717, 1.165) is 17.4 Å². The van der Waals surface area contributed by atoms with Crippen molar-refractivity contribution in [3.63, 3.8) is 0 Å². The monoisotopic (exact) mass is 262 g/mol. The molecule has 19 heavy (non-hydrogen) atoms. The molecule has 0 aromatic carbocycles. The zero-order valence-electron chi connectivity index (χ0n) is 12.7. The van der Waals surface area contributed by atoms with Crippen molar-refractivity contribution >= 4 is 5.97 Å². The van der Waals surface area contributed by atoms with E-state index in [1.807, 2.05) is 13.8 Å². The van der Waals surface area contributed by atoms with Gasteiger partial charge in [0.05, 0.1) is 6.61 Å². The first-order valence-corrected chi connectivity index (χ1v) is 7.59. The van der Waals surface area contributed by atoms with Crippen LogP contribution in [0.4, 0.5) is 0 Å². The summed E-state index contributed by atoms with van der Waals surface area (Å²) in [5.74, 6) is 1.87. The number of carbonyl (C=O) groups is 1. The van der Waals surface area contributed by atoms with Crippen LogP contribution in [0.5, 0.6) is 0 Å². The first-order chi connectivity index (χ1) is 9.04. The maximum Gasteiger partial charge on any atom is 0.333 e. The zero-order chi connectivity index (χ0) is 14.0. The zero-order valence-corrected chi connectivity index (χ0v) is 12.7. The molecule has 2 unspecified atom stereocenters. The maximum atomic E-state index is 11.7. The van der Waals surface area contributed by atoms with Crippen LogP contribution >= 0.6 is 0 Å². The summed E-state index contributed by atoms with van der Waals surface area (Å²) >= 11 is 0. The molecule has 2 aliphatic rings. The number of hydrogen-bond donors (Lipinski definition) is 0. The third-order valence-electron chi connectivity index (χ3n) is 4.79. The van der Waals surface area contributed by atoms with Gasteiger partial charge in [0.2, 0.25) is 0 Å². The van der Waals surface area contributed by atoms with Crippen LogP contribution in [0, 0.1) is 17.8 Å². The SMILES string of the molecule is CCOC(=O)C(C)=C[C@@H]1CCC(C)C2CCC(C)=C21. The minimum Gasteiger partial charge on any atom is -0.463 e. The molecular formula is C17H26O2. The lowest BCUT2D eigenvalue weighted by molar-refractivity contribution is -0.138. The molecule has 2 heteroatoms. The van der Waals surface area contributed by atoms with Gasteiger partial charge in [0.15, 0.2) is 0 Å². The van der Waals surface area contributed by atoms with E-state index in [4.69, 9.17) is 4.74 Å². The van der Waals surface area contributed by atoms with Gasteiger partial charge in [-0.1, -0.05) is 24.1 Å². The Kier molecular flexibility index (Phi) is 4.49. The third kappa shape index (κ3) is 2.93. The van der Waals surface area contributed by atoms with Gasteiger partial charge in [0.1, 0.15) is 0 Å².